The van der Waals surface area contributed by atoms with Crippen molar-refractivity contribution < 1.29 is 12.8 Å². The van der Waals surface area contributed by atoms with Gasteiger partial charge < -0.3 is 5.32 Å². The molecule has 0 unspecified atom stereocenters. The summed E-state index contributed by atoms with van der Waals surface area (Å²) in [6, 6.07) is 6.84. The van der Waals surface area contributed by atoms with Gasteiger partial charge in [0.05, 0.1) is 6.20 Å². The van der Waals surface area contributed by atoms with E-state index in [0.717, 1.165) is 6.20 Å². The lowest BCUT2D eigenvalue weighted by Crippen LogP contribution is -2.12. The average Bonchev–Trinajstić information content (AvgIpc) is 2.42. The standard InChI is InChI=1S/C11H10ClFN4O2S/c12-11-14-6-8(13)10(17-11)16-9-4-2-1-3-7(9)5-15-20(18)19/h1-4,6,20H,5H2,(H,14,16,17)(H,15,18,19). The number of nitrogens with zero attached hydrogens (tertiary/aromatic N) is 2. The first-order chi connectivity index (χ1) is 9.56. The van der Waals surface area contributed by atoms with Crippen molar-refractivity contribution in [3.63, 3.8) is 0 Å². The van der Waals surface area contributed by atoms with Crippen LogP contribution in [0.15, 0.2) is 30.5 Å². The van der Waals surface area contributed by atoms with Gasteiger partial charge in [0.2, 0.25) is 16.2 Å². The number of nitrogens with one attached hydrogen (secondary N) is 2. The van der Waals surface area contributed by atoms with Crippen LogP contribution in [0.5, 0.6) is 0 Å². The van der Waals surface area contributed by atoms with E-state index in [1.165, 1.54) is 0 Å². The first-order valence-corrected chi connectivity index (χ1v) is 7.02. The molecule has 6 nitrogen and oxygen atoms in total. The molecule has 9 heteroatoms. The van der Waals surface area contributed by atoms with Gasteiger partial charge in [-0.25, -0.2) is 22.5 Å². The lowest BCUT2D eigenvalue weighted by molar-refractivity contribution is 0.601. The van der Waals surface area contributed by atoms with Crippen LogP contribution in [0, 0.1) is 5.82 Å². The monoisotopic (exact) mass is 316 g/mol. The topological polar surface area (TPSA) is 84.0 Å². The highest BCUT2D eigenvalue weighted by Crippen LogP contribution is 2.22. The molecule has 20 heavy (non-hydrogen) atoms. The Labute approximate surface area is 121 Å². The number of halogens is 2. The lowest BCUT2D eigenvalue weighted by atomic mass is 10.2. The van der Waals surface area contributed by atoms with Gasteiger partial charge >= 0.3 is 0 Å². The summed E-state index contributed by atoms with van der Waals surface area (Å²) < 4.78 is 36.9. The van der Waals surface area contributed by atoms with Crippen molar-refractivity contribution in [1.29, 1.82) is 0 Å². The van der Waals surface area contributed by atoms with Crippen molar-refractivity contribution in [3.8, 4) is 0 Å². The molecule has 1 aromatic heterocycles. The highest BCUT2D eigenvalue weighted by Gasteiger charge is 2.08. The molecule has 0 aliphatic rings. The molecule has 2 N–H and O–H groups in total. The van der Waals surface area contributed by atoms with E-state index in [2.05, 4.69) is 20.0 Å². The Bertz CT molecular complexity index is 688. The molecule has 0 aliphatic carbocycles. The summed E-state index contributed by atoms with van der Waals surface area (Å²) >= 11 is 5.60. The third-order valence-corrected chi connectivity index (χ3v) is 2.98. The molecule has 2 aromatic rings. The first-order valence-electron chi connectivity index (χ1n) is 5.47. The van der Waals surface area contributed by atoms with Crippen LogP contribution in [0.2, 0.25) is 5.28 Å². The number of thiol groups is 1. The highest BCUT2D eigenvalue weighted by molar-refractivity contribution is 7.70. The summed E-state index contributed by atoms with van der Waals surface area (Å²) in [7, 11) is -2.71. The Kier molecular flexibility index (Phi) is 4.83. The molecule has 0 fully saturated rings. The second-order valence-corrected chi connectivity index (χ2v) is 4.88. The molecule has 0 spiro atoms. The molecule has 0 atom stereocenters. The average molecular weight is 317 g/mol. The minimum atomic E-state index is -2.71. The Morgan fingerprint density at radius 2 is 2.05 bits per heavy atom. The number of anilines is 2. The van der Waals surface area contributed by atoms with Crippen LogP contribution < -0.4 is 10.0 Å². The van der Waals surface area contributed by atoms with Crippen molar-refractivity contribution in [2.75, 3.05) is 5.32 Å². The Balaban J connectivity index is 2.26. The summed E-state index contributed by atoms with van der Waals surface area (Å²) in [5.41, 5.74) is 1.16. The van der Waals surface area contributed by atoms with Gasteiger partial charge in [0, 0.05) is 12.2 Å². The van der Waals surface area contributed by atoms with Gasteiger partial charge in [0.15, 0.2) is 11.6 Å². The van der Waals surface area contributed by atoms with E-state index in [4.69, 9.17) is 11.6 Å². The van der Waals surface area contributed by atoms with Gasteiger partial charge in [-0.15, -0.1) is 0 Å². The van der Waals surface area contributed by atoms with E-state index >= 15 is 0 Å². The minimum Gasteiger partial charge on any atom is -0.337 e. The molecule has 1 aromatic carbocycles. The molecule has 2 rings (SSSR count). The number of rotatable bonds is 5. The van der Waals surface area contributed by atoms with Crippen LogP contribution in [-0.2, 0) is 17.4 Å². The van der Waals surface area contributed by atoms with Crippen molar-refractivity contribution in [2.45, 2.75) is 6.54 Å². The number of benzene rings is 1. The fourth-order valence-electron chi connectivity index (χ4n) is 1.51. The molecule has 0 saturated heterocycles. The number of aromatic nitrogens is 2. The molecule has 0 amide bonds. The normalized spacial score (nSPS) is 10.8. The summed E-state index contributed by atoms with van der Waals surface area (Å²) in [5.74, 6) is -0.740. The van der Waals surface area contributed by atoms with Crippen LogP contribution >= 0.6 is 11.6 Å². The fourth-order valence-corrected chi connectivity index (χ4v) is 1.94. The Morgan fingerprint density at radius 3 is 2.80 bits per heavy atom. The van der Waals surface area contributed by atoms with Gasteiger partial charge in [-0.05, 0) is 23.2 Å². The Hall–Kier alpha value is -1.77. The quantitative estimate of drug-likeness (QED) is 0.577. The molecule has 0 aliphatic heterocycles. The number of hydrogen-bond acceptors (Lipinski definition) is 5. The summed E-state index contributed by atoms with van der Waals surface area (Å²) in [6.07, 6.45) is 0.951. The van der Waals surface area contributed by atoms with E-state index in [-0.39, 0.29) is 17.6 Å². The van der Waals surface area contributed by atoms with Crippen LogP contribution in [0.4, 0.5) is 15.9 Å². The van der Waals surface area contributed by atoms with Gasteiger partial charge in [-0.2, -0.15) is 4.98 Å². The first kappa shape index (κ1) is 14.6. The SMILES string of the molecule is O=[SH](=O)NCc1ccccc1Nc1nc(Cl)ncc1F. The van der Waals surface area contributed by atoms with Gasteiger partial charge in [-0.1, -0.05) is 18.2 Å². The van der Waals surface area contributed by atoms with Crippen LogP contribution in [0.25, 0.3) is 0 Å². The second-order valence-electron chi connectivity index (χ2n) is 3.71. The maximum Gasteiger partial charge on any atom is 0.224 e. The summed E-state index contributed by atoms with van der Waals surface area (Å²) in [4.78, 5) is 7.24. The van der Waals surface area contributed by atoms with E-state index in [1.54, 1.807) is 24.3 Å². The molecular weight excluding hydrogens is 307 g/mol. The molecular formula is C11H10ClFN4O2S. The molecule has 1 heterocycles. The van der Waals surface area contributed by atoms with Crippen molar-refractivity contribution in [1.82, 2.24) is 14.7 Å². The maximum absolute atomic E-state index is 13.5. The van der Waals surface area contributed by atoms with Gasteiger partial charge in [0.25, 0.3) is 0 Å². The van der Waals surface area contributed by atoms with Crippen molar-refractivity contribution >= 4 is 34.0 Å². The fraction of sp³-hybridized carbons (Fsp3) is 0.0909. The third-order valence-electron chi connectivity index (χ3n) is 2.38. The molecule has 106 valence electrons. The number of hydrogen-bond donors (Lipinski definition) is 3. The highest BCUT2D eigenvalue weighted by atomic mass is 35.5. The zero-order valence-electron chi connectivity index (χ0n) is 10.0. The molecule has 0 radical (unpaired) electrons. The molecule has 0 saturated carbocycles. The lowest BCUT2D eigenvalue weighted by Gasteiger charge is -2.11. The predicted molar refractivity (Wildman–Crippen MR) is 73.9 cm³/mol. The Morgan fingerprint density at radius 1 is 1.30 bits per heavy atom. The maximum atomic E-state index is 13.5. The van der Waals surface area contributed by atoms with Crippen molar-refractivity contribution in [2.24, 2.45) is 0 Å². The summed E-state index contributed by atoms with van der Waals surface area (Å²) in [5, 5.41) is 2.67. The zero-order chi connectivity index (χ0) is 14.5. The van der Waals surface area contributed by atoms with Gasteiger partial charge in [-0.3, -0.25) is 0 Å². The van der Waals surface area contributed by atoms with Crippen LogP contribution in [0.3, 0.4) is 0 Å². The van der Waals surface area contributed by atoms with E-state index in [0.29, 0.717) is 11.3 Å². The molecule has 0 bridgehead atoms. The van der Waals surface area contributed by atoms with E-state index < -0.39 is 16.7 Å². The minimum absolute atomic E-state index is 0.0797. The zero-order valence-corrected chi connectivity index (χ0v) is 11.7. The van der Waals surface area contributed by atoms with Crippen LogP contribution in [-0.4, -0.2) is 18.4 Å². The van der Waals surface area contributed by atoms with E-state index in [1.807, 2.05) is 0 Å². The largest absolute Gasteiger partial charge is 0.337 e. The van der Waals surface area contributed by atoms with Crippen LogP contribution in [0.1, 0.15) is 5.56 Å². The smallest absolute Gasteiger partial charge is 0.224 e. The third kappa shape index (κ3) is 3.86. The van der Waals surface area contributed by atoms with Crippen molar-refractivity contribution in [3.05, 3.63) is 47.1 Å². The summed E-state index contributed by atoms with van der Waals surface area (Å²) in [6.45, 7) is 0.0856. The van der Waals surface area contributed by atoms with E-state index in [9.17, 15) is 12.8 Å². The number of para-hydroxylation sites is 1. The van der Waals surface area contributed by atoms with Gasteiger partial charge in [0.1, 0.15) is 0 Å². The predicted octanol–water partition coefficient (Wildman–Crippen LogP) is 1.63. The second kappa shape index (κ2) is 6.60.